The van der Waals surface area contributed by atoms with E-state index in [2.05, 4.69) is 31.4 Å². The van der Waals surface area contributed by atoms with Crippen LogP contribution in [0.1, 0.15) is 39.2 Å². The van der Waals surface area contributed by atoms with Crippen LogP contribution < -0.4 is 10.6 Å². The minimum Gasteiger partial charge on any atom is -0.481 e. The number of hydrogen-bond acceptors (Lipinski definition) is 5. The molecule has 0 bridgehead atoms. The van der Waals surface area contributed by atoms with Gasteiger partial charge < -0.3 is 20.5 Å². The largest absolute Gasteiger partial charge is 0.481 e. The van der Waals surface area contributed by atoms with Gasteiger partial charge in [0, 0.05) is 6.42 Å². The number of methoxy groups -OCH3 is 1. The van der Waals surface area contributed by atoms with Gasteiger partial charge in [-0.15, -0.1) is 0 Å². The molecule has 0 saturated heterocycles. The highest BCUT2D eigenvalue weighted by Gasteiger charge is 2.28. The molecule has 0 spiro atoms. The summed E-state index contributed by atoms with van der Waals surface area (Å²) in [5.74, 6) is -2.19. The molecule has 7 heteroatoms. The maximum absolute atomic E-state index is 12.6. The van der Waals surface area contributed by atoms with Gasteiger partial charge in [0.1, 0.15) is 6.04 Å². The maximum Gasteiger partial charge on any atom is 0.328 e. The summed E-state index contributed by atoms with van der Waals surface area (Å²) in [4.78, 5) is 35.8. The summed E-state index contributed by atoms with van der Waals surface area (Å²) < 4.78 is 4.78. The zero-order valence-corrected chi connectivity index (χ0v) is 16.5. The first-order valence-corrected chi connectivity index (χ1v) is 8.99. The quantitative estimate of drug-likeness (QED) is 0.536. The molecule has 7 nitrogen and oxygen atoms in total. The summed E-state index contributed by atoms with van der Waals surface area (Å²) >= 11 is 0. The van der Waals surface area contributed by atoms with Crippen LogP contribution in [-0.4, -0.2) is 48.7 Å². The molecule has 150 valence electrons. The highest BCUT2D eigenvalue weighted by Crippen LogP contribution is 2.17. The normalized spacial score (nSPS) is 13.5. The van der Waals surface area contributed by atoms with E-state index in [9.17, 15) is 14.4 Å². The van der Waals surface area contributed by atoms with Crippen molar-refractivity contribution in [2.75, 3.05) is 13.7 Å². The van der Waals surface area contributed by atoms with E-state index in [1.807, 2.05) is 30.3 Å². The van der Waals surface area contributed by atoms with Crippen molar-refractivity contribution in [2.24, 2.45) is 5.41 Å². The third-order valence-corrected chi connectivity index (χ3v) is 4.05. The Morgan fingerprint density at radius 2 is 1.74 bits per heavy atom. The predicted octanol–water partition coefficient (Wildman–Crippen LogP) is 1.76. The first-order chi connectivity index (χ1) is 12.6. The fourth-order valence-electron chi connectivity index (χ4n) is 2.51. The fourth-order valence-corrected chi connectivity index (χ4v) is 2.51. The topological polar surface area (TPSA) is 105 Å². The zero-order valence-electron chi connectivity index (χ0n) is 16.5. The lowest BCUT2D eigenvalue weighted by Crippen LogP contribution is -2.52. The molecule has 2 atom stereocenters. The van der Waals surface area contributed by atoms with Crippen molar-refractivity contribution in [1.29, 1.82) is 0 Å². The predicted molar refractivity (Wildman–Crippen MR) is 102 cm³/mol. The number of carboxylic acid groups (broad SMARTS) is 1. The van der Waals surface area contributed by atoms with Crippen LogP contribution in [-0.2, 0) is 25.5 Å². The first kappa shape index (κ1) is 22.6. The van der Waals surface area contributed by atoms with Gasteiger partial charge in [-0.05, 0) is 23.9 Å². The number of hydrogen-bond donors (Lipinski definition) is 3. The average Bonchev–Trinajstić information content (AvgIpc) is 2.59. The number of nitrogens with one attached hydrogen (secondary N) is 2. The number of amides is 1. The molecular formula is C20H30N2O5. The molecule has 0 heterocycles. The Labute approximate surface area is 160 Å². The van der Waals surface area contributed by atoms with Crippen LogP contribution in [0.25, 0.3) is 0 Å². The third-order valence-electron chi connectivity index (χ3n) is 4.05. The number of ether oxygens (including phenoxy) is 1. The molecule has 1 unspecified atom stereocenters. The van der Waals surface area contributed by atoms with E-state index in [1.165, 1.54) is 7.11 Å². The number of carbonyl (C=O) groups excluding carboxylic acids is 2. The van der Waals surface area contributed by atoms with E-state index < -0.39 is 29.9 Å². The van der Waals surface area contributed by atoms with Gasteiger partial charge in [0.25, 0.3) is 0 Å². The molecule has 0 saturated carbocycles. The second-order valence-electron chi connectivity index (χ2n) is 7.69. The Morgan fingerprint density at radius 1 is 1.11 bits per heavy atom. The Balaban J connectivity index is 2.80. The molecule has 3 N–H and O–H groups in total. The van der Waals surface area contributed by atoms with Gasteiger partial charge in [-0.2, -0.15) is 0 Å². The standard InChI is InChI=1S/C20H30N2O5/c1-20(2,3)10-11-21-15(13-17(23)24)18(25)22-16(19(26)27-4)12-14-8-6-5-7-9-14/h5-9,15-16,21H,10-13H2,1-4H3,(H,22,25)(H,23,24)/t15?,16-/m0/s1. The summed E-state index contributed by atoms with van der Waals surface area (Å²) in [6, 6.07) is 7.42. The molecule has 1 rings (SSSR count). The Bertz CT molecular complexity index is 625. The molecule has 0 radical (unpaired) electrons. The molecular weight excluding hydrogens is 348 g/mol. The number of aliphatic carboxylic acids is 1. The molecule has 1 aromatic rings. The molecule has 0 aromatic heterocycles. The summed E-state index contributed by atoms with van der Waals surface area (Å²) in [7, 11) is 1.25. The Kier molecular flexibility index (Phi) is 8.94. The minimum absolute atomic E-state index is 0.0547. The van der Waals surface area contributed by atoms with Gasteiger partial charge in [-0.3, -0.25) is 9.59 Å². The van der Waals surface area contributed by atoms with Crippen LogP contribution in [0.4, 0.5) is 0 Å². The highest BCUT2D eigenvalue weighted by molar-refractivity contribution is 5.90. The summed E-state index contributed by atoms with van der Waals surface area (Å²) in [6.45, 7) is 6.69. The van der Waals surface area contributed by atoms with Crippen LogP contribution >= 0.6 is 0 Å². The first-order valence-electron chi connectivity index (χ1n) is 8.99. The zero-order chi connectivity index (χ0) is 20.4. The van der Waals surface area contributed by atoms with Crippen molar-refractivity contribution in [1.82, 2.24) is 10.6 Å². The van der Waals surface area contributed by atoms with Crippen LogP contribution in [0.5, 0.6) is 0 Å². The Hall–Kier alpha value is -2.41. The molecule has 0 aliphatic carbocycles. The van der Waals surface area contributed by atoms with Gasteiger partial charge in [0.05, 0.1) is 19.6 Å². The van der Waals surface area contributed by atoms with E-state index in [0.717, 1.165) is 12.0 Å². The van der Waals surface area contributed by atoms with E-state index in [1.54, 1.807) is 0 Å². The third kappa shape index (κ3) is 9.19. The van der Waals surface area contributed by atoms with Crippen molar-refractivity contribution in [3.8, 4) is 0 Å². The van der Waals surface area contributed by atoms with Crippen molar-refractivity contribution in [3.63, 3.8) is 0 Å². The summed E-state index contributed by atoms with van der Waals surface area (Å²) in [5.41, 5.74) is 0.919. The van der Waals surface area contributed by atoms with E-state index in [4.69, 9.17) is 9.84 Å². The lowest BCUT2D eigenvalue weighted by Gasteiger charge is -2.23. The van der Waals surface area contributed by atoms with Gasteiger partial charge in [0.15, 0.2) is 0 Å². The van der Waals surface area contributed by atoms with E-state index >= 15 is 0 Å². The second-order valence-corrected chi connectivity index (χ2v) is 7.69. The number of carboxylic acids is 1. The lowest BCUT2D eigenvalue weighted by molar-refractivity contribution is -0.145. The molecule has 1 aromatic carbocycles. The SMILES string of the molecule is COC(=O)[C@H](Cc1ccccc1)NC(=O)C(CC(=O)O)NCCC(C)(C)C. The summed E-state index contributed by atoms with van der Waals surface area (Å²) in [5, 5.41) is 14.7. The van der Waals surface area contributed by atoms with Crippen LogP contribution in [0.2, 0.25) is 0 Å². The molecule has 0 fully saturated rings. The van der Waals surface area contributed by atoms with Gasteiger partial charge in [-0.25, -0.2) is 4.79 Å². The van der Waals surface area contributed by atoms with Gasteiger partial charge >= 0.3 is 11.9 Å². The summed E-state index contributed by atoms with van der Waals surface area (Å²) in [6.07, 6.45) is 0.678. The van der Waals surface area contributed by atoms with E-state index in [0.29, 0.717) is 6.54 Å². The fraction of sp³-hybridized carbons (Fsp3) is 0.550. The number of esters is 1. The highest BCUT2D eigenvalue weighted by atomic mass is 16.5. The van der Waals surface area contributed by atoms with Crippen molar-refractivity contribution in [3.05, 3.63) is 35.9 Å². The van der Waals surface area contributed by atoms with Crippen molar-refractivity contribution >= 4 is 17.8 Å². The average molecular weight is 378 g/mol. The monoisotopic (exact) mass is 378 g/mol. The van der Waals surface area contributed by atoms with E-state index in [-0.39, 0.29) is 18.3 Å². The maximum atomic E-state index is 12.6. The number of benzene rings is 1. The van der Waals surface area contributed by atoms with Crippen LogP contribution in [0, 0.1) is 5.41 Å². The lowest BCUT2D eigenvalue weighted by atomic mass is 9.92. The molecule has 0 aliphatic rings. The van der Waals surface area contributed by atoms with Crippen LogP contribution in [0.3, 0.4) is 0 Å². The molecule has 0 aliphatic heterocycles. The molecule has 27 heavy (non-hydrogen) atoms. The minimum atomic E-state index is -1.09. The van der Waals surface area contributed by atoms with Crippen LogP contribution in [0.15, 0.2) is 30.3 Å². The second kappa shape index (κ2) is 10.7. The van der Waals surface area contributed by atoms with Crippen molar-refractivity contribution < 1.29 is 24.2 Å². The van der Waals surface area contributed by atoms with Crippen molar-refractivity contribution in [2.45, 2.75) is 52.1 Å². The van der Waals surface area contributed by atoms with Gasteiger partial charge in [-0.1, -0.05) is 51.1 Å². The molecule has 1 amide bonds. The smallest absolute Gasteiger partial charge is 0.328 e. The Morgan fingerprint density at radius 3 is 2.26 bits per heavy atom. The number of rotatable bonds is 10. The number of carbonyl (C=O) groups is 3. The van der Waals surface area contributed by atoms with Gasteiger partial charge in [0.2, 0.25) is 5.91 Å².